The van der Waals surface area contributed by atoms with Crippen LogP contribution in [0, 0.1) is 13.8 Å². The first-order chi connectivity index (χ1) is 19.5. The summed E-state index contributed by atoms with van der Waals surface area (Å²) in [5, 5.41) is 5.23. The van der Waals surface area contributed by atoms with Gasteiger partial charge in [-0.2, -0.15) is 0 Å². The number of nitrogens with zero attached hydrogens (tertiary/aromatic N) is 3. The van der Waals surface area contributed by atoms with Crippen molar-refractivity contribution in [2.75, 3.05) is 64.4 Å². The van der Waals surface area contributed by atoms with Gasteiger partial charge in [-0.15, -0.1) is 11.3 Å². The summed E-state index contributed by atoms with van der Waals surface area (Å²) in [4.78, 5) is 35.1. The van der Waals surface area contributed by atoms with E-state index in [0.29, 0.717) is 25.3 Å². The van der Waals surface area contributed by atoms with Crippen molar-refractivity contribution in [3.8, 4) is 0 Å². The van der Waals surface area contributed by atoms with Gasteiger partial charge in [-0.1, -0.05) is 36.4 Å². The molecule has 1 saturated heterocycles. The maximum absolute atomic E-state index is 13.8. The molecule has 2 aromatic carbocycles. The van der Waals surface area contributed by atoms with E-state index in [0.717, 1.165) is 49.6 Å². The summed E-state index contributed by atoms with van der Waals surface area (Å²) in [5.74, 6) is -0.541. The fraction of sp³-hybridized carbons (Fsp3) is 0.438. The van der Waals surface area contributed by atoms with Crippen molar-refractivity contribution in [3.05, 3.63) is 87.1 Å². The number of hydrogen-bond donors (Lipinski definition) is 1. The van der Waals surface area contributed by atoms with Crippen molar-refractivity contribution in [3.63, 3.8) is 0 Å². The van der Waals surface area contributed by atoms with Gasteiger partial charge in [0, 0.05) is 62.5 Å². The third kappa shape index (κ3) is 6.09. The average Bonchev–Trinajstić information content (AvgIpc) is 3.51. The predicted molar refractivity (Wildman–Crippen MR) is 161 cm³/mol. The zero-order chi connectivity index (χ0) is 28.1. The molecule has 1 aromatic heterocycles. The van der Waals surface area contributed by atoms with E-state index in [-0.39, 0.29) is 17.9 Å². The lowest BCUT2D eigenvalue weighted by atomic mass is 9.81. The van der Waals surface area contributed by atoms with Crippen LogP contribution < -0.4 is 10.2 Å². The lowest BCUT2D eigenvalue weighted by Crippen LogP contribution is -2.49. The zero-order valence-electron chi connectivity index (χ0n) is 23.8. The predicted octanol–water partition coefficient (Wildman–Crippen LogP) is 4.62. The summed E-state index contributed by atoms with van der Waals surface area (Å²) in [6.07, 6.45) is 0.888. The quantitative estimate of drug-likeness (QED) is 0.367. The molecule has 2 unspecified atom stereocenters. The number of aryl methyl sites for hydroxylation is 2. The Morgan fingerprint density at radius 2 is 1.82 bits per heavy atom. The van der Waals surface area contributed by atoms with Gasteiger partial charge in [0.25, 0.3) is 5.91 Å². The highest BCUT2D eigenvalue weighted by Gasteiger charge is 2.44. The Bertz CT molecular complexity index is 1300. The van der Waals surface area contributed by atoms with Crippen molar-refractivity contribution in [1.82, 2.24) is 15.1 Å². The van der Waals surface area contributed by atoms with E-state index in [1.807, 2.05) is 46.7 Å². The Kier molecular flexibility index (Phi) is 9.19. The maximum atomic E-state index is 13.8. The molecule has 0 spiro atoms. The molecule has 2 aliphatic heterocycles. The van der Waals surface area contributed by atoms with E-state index >= 15 is 0 Å². The van der Waals surface area contributed by atoms with Gasteiger partial charge >= 0.3 is 0 Å². The largest absolute Gasteiger partial charge is 0.383 e. The molecule has 0 saturated carbocycles. The lowest BCUT2D eigenvalue weighted by molar-refractivity contribution is -0.124. The molecule has 5 rings (SSSR count). The van der Waals surface area contributed by atoms with Gasteiger partial charge in [-0.25, -0.2) is 0 Å². The number of amides is 2. The van der Waals surface area contributed by atoms with Gasteiger partial charge in [0.05, 0.1) is 18.6 Å². The van der Waals surface area contributed by atoms with E-state index in [9.17, 15) is 9.59 Å². The van der Waals surface area contributed by atoms with Crippen LogP contribution in [0.4, 0.5) is 5.69 Å². The Hall–Kier alpha value is -3.20. The zero-order valence-corrected chi connectivity index (χ0v) is 24.6. The molecule has 0 aliphatic carbocycles. The fourth-order valence-electron chi connectivity index (χ4n) is 5.98. The molecule has 3 heterocycles. The molecule has 1 N–H and O–H groups in total. The third-order valence-corrected chi connectivity index (χ3v) is 9.06. The number of methoxy groups -OCH3 is 1. The van der Waals surface area contributed by atoms with Crippen LogP contribution in [0.15, 0.2) is 60.0 Å². The molecule has 3 aromatic rings. The summed E-state index contributed by atoms with van der Waals surface area (Å²) in [6, 6.07) is 17.9. The van der Waals surface area contributed by atoms with E-state index in [2.05, 4.69) is 47.2 Å². The molecule has 8 heteroatoms. The Morgan fingerprint density at radius 1 is 1.02 bits per heavy atom. The first kappa shape index (κ1) is 28.3. The summed E-state index contributed by atoms with van der Waals surface area (Å²) < 4.78 is 5.32. The van der Waals surface area contributed by atoms with E-state index in [1.165, 1.54) is 16.8 Å². The summed E-state index contributed by atoms with van der Waals surface area (Å²) >= 11 is 1.59. The van der Waals surface area contributed by atoms with Gasteiger partial charge in [0.2, 0.25) is 5.91 Å². The highest BCUT2D eigenvalue weighted by Crippen LogP contribution is 2.44. The van der Waals surface area contributed by atoms with Crippen molar-refractivity contribution >= 4 is 28.8 Å². The molecule has 2 amide bonds. The number of benzene rings is 2. The number of nitrogens with one attached hydrogen (secondary N) is 1. The van der Waals surface area contributed by atoms with Crippen LogP contribution >= 0.6 is 11.3 Å². The molecule has 0 radical (unpaired) electrons. The number of rotatable bonds is 10. The minimum absolute atomic E-state index is 0.0273. The Balaban J connectivity index is 1.21. The molecule has 212 valence electrons. The second-order valence-electron chi connectivity index (χ2n) is 10.8. The number of anilines is 1. The first-order valence-corrected chi connectivity index (χ1v) is 15.1. The molecular formula is C32H40N4O3S. The first-order valence-electron chi connectivity index (χ1n) is 14.2. The summed E-state index contributed by atoms with van der Waals surface area (Å²) in [7, 11) is 1.64. The van der Waals surface area contributed by atoms with E-state index < -0.39 is 5.92 Å². The number of carbonyl (C=O) groups excluding carboxylic acids is 2. The highest BCUT2D eigenvalue weighted by molar-refractivity contribution is 7.10. The van der Waals surface area contributed by atoms with Gasteiger partial charge in [-0.3, -0.25) is 14.5 Å². The standard InChI is InChI=1S/C32H40N4O3S/c1-23-11-12-24(2)27(22-23)35-17-15-34(16-18-35)14-7-13-33-31(37)29-25-8-4-5-9-26(25)32(38)36(19-20-39-3)30(29)28-10-6-21-40-28/h4-6,8-12,21-22,29-30H,7,13-20H2,1-3H3,(H,33,37). The molecule has 2 atom stereocenters. The normalized spacial score (nSPS) is 19.5. The molecule has 0 bridgehead atoms. The minimum Gasteiger partial charge on any atom is -0.383 e. The van der Waals surface area contributed by atoms with Gasteiger partial charge in [0.15, 0.2) is 0 Å². The van der Waals surface area contributed by atoms with Crippen LogP contribution in [-0.2, 0) is 9.53 Å². The Morgan fingerprint density at radius 3 is 2.58 bits per heavy atom. The van der Waals surface area contributed by atoms with Crippen molar-refractivity contribution in [2.24, 2.45) is 0 Å². The van der Waals surface area contributed by atoms with Crippen LogP contribution in [0.5, 0.6) is 0 Å². The molecule has 2 aliphatic rings. The molecule has 1 fully saturated rings. The molecular weight excluding hydrogens is 520 g/mol. The number of ether oxygens (including phenoxy) is 1. The van der Waals surface area contributed by atoms with Crippen molar-refractivity contribution < 1.29 is 14.3 Å². The van der Waals surface area contributed by atoms with Gasteiger partial charge < -0.3 is 19.9 Å². The number of hydrogen-bond acceptors (Lipinski definition) is 6. The van der Waals surface area contributed by atoms with Crippen LogP contribution in [0.3, 0.4) is 0 Å². The number of thiophene rings is 1. The lowest BCUT2D eigenvalue weighted by Gasteiger charge is -2.41. The van der Waals surface area contributed by atoms with Crippen molar-refractivity contribution in [2.45, 2.75) is 32.2 Å². The van der Waals surface area contributed by atoms with E-state index in [4.69, 9.17) is 4.74 Å². The number of fused-ring (bicyclic) bond motifs is 1. The van der Waals surface area contributed by atoms with Gasteiger partial charge in [0.1, 0.15) is 0 Å². The van der Waals surface area contributed by atoms with Crippen molar-refractivity contribution in [1.29, 1.82) is 0 Å². The van der Waals surface area contributed by atoms with E-state index in [1.54, 1.807) is 18.4 Å². The third-order valence-electron chi connectivity index (χ3n) is 8.12. The number of carbonyl (C=O) groups is 2. The second-order valence-corrected chi connectivity index (χ2v) is 11.8. The van der Waals surface area contributed by atoms with Gasteiger partial charge in [-0.05, 0) is 67.1 Å². The molecule has 40 heavy (non-hydrogen) atoms. The van der Waals surface area contributed by atoms with Crippen LogP contribution in [0.2, 0.25) is 0 Å². The summed E-state index contributed by atoms with van der Waals surface area (Å²) in [6.45, 7) is 10.8. The SMILES string of the molecule is COCCN1C(=O)c2ccccc2C(C(=O)NCCCN2CCN(c3cc(C)ccc3C)CC2)C1c1cccs1. The average molecular weight is 561 g/mol. The van der Waals surface area contributed by atoms with Crippen LogP contribution in [0.25, 0.3) is 0 Å². The smallest absolute Gasteiger partial charge is 0.254 e. The second kappa shape index (κ2) is 13.0. The fourth-order valence-corrected chi connectivity index (χ4v) is 6.86. The topological polar surface area (TPSA) is 65.1 Å². The maximum Gasteiger partial charge on any atom is 0.254 e. The highest BCUT2D eigenvalue weighted by atomic mass is 32.1. The van der Waals surface area contributed by atoms with Crippen LogP contribution in [0.1, 0.15) is 50.3 Å². The monoisotopic (exact) mass is 560 g/mol. The molecule has 7 nitrogen and oxygen atoms in total. The summed E-state index contributed by atoms with van der Waals surface area (Å²) in [5.41, 5.74) is 5.38. The Labute approximate surface area is 241 Å². The number of piperazine rings is 1. The minimum atomic E-state index is -0.467. The van der Waals surface area contributed by atoms with Crippen LogP contribution in [-0.4, -0.2) is 81.1 Å².